The van der Waals surface area contributed by atoms with Gasteiger partial charge in [0.2, 0.25) is 0 Å². The molecule has 0 saturated carbocycles. The van der Waals surface area contributed by atoms with E-state index in [9.17, 15) is 63.3 Å². The van der Waals surface area contributed by atoms with Gasteiger partial charge in [-0.05, 0) is 383 Å². The molecule has 3 aliphatic rings. The smallest absolute Gasteiger partial charge is 0.337 e. The number of carbonyl (C=O) groups is 10. The van der Waals surface area contributed by atoms with E-state index < -0.39 is 32.2 Å². The monoisotopic (exact) mass is 2100 g/mol. The summed E-state index contributed by atoms with van der Waals surface area (Å²) in [6, 6.07) is 45.7. The first-order valence-electron chi connectivity index (χ1n) is 47.7. The van der Waals surface area contributed by atoms with E-state index in [4.69, 9.17) is 29.5 Å². The molecule has 10 aromatic rings. The molecular weight excluding hydrogens is 1960 g/mol. The number of halogens is 2. The minimum absolute atomic E-state index is 0.147. The maximum Gasteiger partial charge on any atom is 0.337 e. The average Bonchev–Trinajstić information content (AvgIpc) is 0.807. The zero-order valence-corrected chi connectivity index (χ0v) is 91.0. The minimum Gasteiger partial charge on any atom is -0.478 e. The van der Waals surface area contributed by atoms with Gasteiger partial charge in [-0.1, -0.05) is 83.0 Å². The van der Waals surface area contributed by atoms with Crippen LogP contribution in [0.2, 0.25) is 18.1 Å². The van der Waals surface area contributed by atoms with Crippen molar-refractivity contribution >= 4 is 145 Å². The maximum atomic E-state index is 13.4. The number of aryl methyl sites for hydroxylation is 15. The highest BCUT2D eigenvalue weighted by molar-refractivity contribution is 9.10. The Kier molecular flexibility index (Phi) is 42.3. The SMILES string of the molecule is COC(=O)c1cc(C)c(N)c(C)c1.COC(=O)c1cc(C)c(NC(=O)c2cc(Br)ccc2C)c(C)c1.COC(=O)c1cc(C)c(NC(=O)c2cc(N3CCCC(CO)C3)ccc2C)c(C)c1.COC(=O)c1cc(C)c(NC(=O)c2cc(N3CCCC(CO[Si](C)(C)C(C)(C)C)C3)ccc2C)c(C)c1.Cc1ccc(Br)cc1C(=O)O.Cc1ccc(N2CCCC(CO)C2)cc1C(=O)Nc1c(C)cc(C(=O)O)cc1C. The van der Waals surface area contributed by atoms with Crippen LogP contribution in [0.15, 0.2) is 161 Å². The van der Waals surface area contributed by atoms with E-state index in [-0.39, 0.29) is 71.2 Å². The van der Waals surface area contributed by atoms with E-state index in [1.54, 1.807) is 99.6 Å². The van der Waals surface area contributed by atoms with Crippen LogP contribution >= 0.6 is 31.9 Å². The molecule has 0 bridgehead atoms. The largest absolute Gasteiger partial charge is 0.478 e. The number of methoxy groups -OCH3 is 4. The predicted octanol–water partition coefficient (Wildman–Crippen LogP) is 23.1. The Balaban J connectivity index is 0.000000218. The Bertz CT molecular complexity index is 6230. The highest BCUT2D eigenvalue weighted by atomic mass is 79.9. The number of esters is 4. The molecule has 0 radical (unpaired) electrons. The van der Waals surface area contributed by atoms with Gasteiger partial charge in [-0.3, -0.25) is 19.2 Å². The van der Waals surface area contributed by atoms with Gasteiger partial charge in [0.05, 0.1) is 61.8 Å². The van der Waals surface area contributed by atoms with Crippen molar-refractivity contribution in [3.63, 3.8) is 0 Å². The number of carboxylic acid groups (broad SMARTS) is 2. The van der Waals surface area contributed by atoms with Crippen molar-refractivity contribution in [2.24, 2.45) is 17.8 Å². The van der Waals surface area contributed by atoms with E-state index in [0.29, 0.717) is 84.2 Å². The normalized spacial score (nSPS) is 14.3. The lowest BCUT2D eigenvalue weighted by Crippen LogP contribution is -2.44. The first kappa shape index (κ1) is 115. The summed E-state index contributed by atoms with van der Waals surface area (Å²) in [6.07, 6.45) is 6.40. The van der Waals surface area contributed by atoms with Crippen LogP contribution in [0.1, 0.15) is 246 Å². The fourth-order valence-electron chi connectivity index (χ4n) is 17.1. The van der Waals surface area contributed by atoms with E-state index in [2.05, 4.69) is 112 Å². The molecule has 3 aliphatic heterocycles. The second-order valence-corrected chi connectivity index (χ2v) is 45.2. The van der Waals surface area contributed by atoms with Crippen LogP contribution in [0, 0.1) is 122 Å². The van der Waals surface area contributed by atoms with Gasteiger partial charge in [0.25, 0.3) is 23.6 Å². The number of carbonyl (C=O) groups excluding carboxylic acids is 8. The molecule has 10 N–H and O–H groups in total. The molecule has 0 spiro atoms. The number of hydrogen-bond acceptors (Lipinski definition) is 21. The van der Waals surface area contributed by atoms with E-state index in [1.165, 1.54) is 34.9 Å². The molecule has 143 heavy (non-hydrogen) atoms. The fraction of sp³-hybridized carbons (Fsp3) is 0.381. The number of nitrogens with one attached hydrogen (secondary N) is 4. The fourth-order valence-corrected chi connectivity index (χ4v) is 18.9. The Morgan fingerprint density at radius 3 is 0.853 bits per heavy atom. The third-order valence-corrected chi connectivity index (χ3v) is 32.0. The van der Waals surface area contributed by atoms with Gasteiger partial charge in [0.1, 0.15) is 0 Å². The van der Waals surface area contributed by atoms with Gasteiger partial charge in [-0.25, -0.2) is 28.8 Å². The predicted molar refractivity (Wildman–Crippen MR) is 579 cm³/mol. The quantitative estimate of drug-likeness (QED) is 0.0132. The lowest BCUT2D eigenvalue weighted by molar-refractivity contribution is 0.0591. The second kappa shape index (κ2) is 52.4. The summed E-state index contributed by atoms with van der Waals surface area (Å²) in [6.45, 7) is 45.9. The molecule has 3 heterocycles. The van der Waals surface area contributed by atoms with Crippen LogP contribution in [-0.2, 0) is 23.4 Å². The van der Waals surface area contributed by atoms with Gasteiger partial charge < -0.3 is 85.5 Å². The zero-order chi connectivity index (χ0) is 106. The van der Waals surface area contributed by atoms with Crippen molar-refractivity contribution in [2.75, 3.05) is 129 Å². The number of nitrogens with zero attached hydrogens (tertiary/aromatic N) is 3. The van der Waals surface area contributed by atoms with Crippen molar-refractivity contribution in [1.82, 2.24) is 0 Å². The molecule has 3 atom stereocenters. The molecule has 30 heteroatoms. The van der Waals surface area contributed by atoms with Gasteiger partial charge in [-0.15, -0.1) is 0 Å². The lowest BCUT2D eigenvalue weighted by Gasteiger charge is -2.40. The van der Waals surface area contributed by atoms with Gasteiger partial charge in [-0.2, -0.15) is 0 Å². The number of hydrogen-bond donors (Lipinski definition) is 9. The number of benzene rings is 10. The molecule has 27 nitrogen and oxygen atoms in total. The molecule has 3 fully saturated rings. The molecule has 764 valence electrons. The Hall–Kier alpha value is -12.8. The number of aliphatic hydroxyl groups excluding tert-OH is 2. The lowest BCUT2D eigenvalue weighted by atomic mass is 9.97. The Labute approximate surface area is 859 Å². The van der Waals surface area contributed by atoms with E-state index >= 15 is 0 Å². The number of amides is 4. The Morgan fingerprint density at radius 1 is 0.350 bits per heavy atom. The van der Waals surface area contributed by atoms with E-state index in [0.717, 1.165) is 188 Å². The molecular formula is C113H140Br2N8O19Si. The molecule has 3 saturated heterocycles. The number of aromatic carboxylic acids is 2. The molecule has 10 aromatic carbocycles. The van der Waals surface area contributed by atoms with Crippen molar-refractivity contribution in [3.8, 4) is 0 Å². The molecule has 3 unspecified atom stereocenters. The number of carboxylic acids is 2. The van der Waals surface area contributed by atoms with Crippen LogP contribution in [0.3, 0.4) is 0 Å². The van der Waals surface area contributed by atoms with Gasteiger partial charge in [0.15, 0.2) is 8.32 Å². The topological polar surface area (TPSA) is 382 Å². The Morgan fingerprint density at radius 2 is 0.594 bits per heavy atom. The molecule has 4 amide bonds. The number of aliphatic hydroxyl groups is 2. The van der Waals surface area contributed by atoms with Gasteiger partial charge in [0, 0.05) is 136 Å². The number of nitrogens with two attached hydrogens (primary N) is 1. The van der Waals surface area contributed by atoms with Crippen LogP contribution in [0.25, 0.3) is 0 Å². The average molecular weight is 2100 g/mol. The second-order valence-electron chi connectivity index (χ2n) is 38.6. The third-order valence-electron chi connectivity index (χ3n) is 26.5. The van der Waals surface area contributed by atoms with Gasteiger partial charge >= 0.3 is 35.8 Å². The number of nitrogen functional groups attached to an aromatic ring is 1. The summed E-state index contributed by atoms with van der Waals surface area (Å²) in [5.41, 5.74) is 29.8. The summed E-state index contributed by atoms with van der Waals surface area (Å²) in [5, 5.41) is 49.1. The van der Waals surface area contributed by atoms with Crippen LogP contribution in [-0.4, -0.2) is 176 Å². The standard InChI is InChI=1S/C30H44N2O4Si.C24H30N2O4.C23H28N2O4.C18H18BrNO3.C10H13NO2.C8H7BrO2/c1-20-12-13-25(32-14-10-11-23(18-32)19-36-37(8,9)30(4,5)6)17-26(20)28(33)31-27-21(2)15-24(16-22(27)3)29(34)35-7;1-15-7-8-20(26-9-5-6-18(13-26)14-27)12-21(15)23(28)25-22-16(2)10-19(11-17(22)3)24(29)30-4;1-14-6-7-19(25-8-4-5-17(12-25)13-26)11-20(14)22(27)24-21-15(2)9-18(23(28)29)10-16(21)3;1-10-5-6-14(19)9-15(10)17(21)20-16-11(2)7-13(8-12(16)3)18(22)23-4;1-6-4-8(10(12)13-3)5-7(2)9(6)11;1-5-2-3-6(9)4-7(5)8(10)11/h12-13,15-17,23H,10-11,14,18-19H2,1-9H3,(H,31,33);7-8,10-12,18,27H,5-6,9,13-14H2,1-4H3,(H,25,28);6-7,9-11,17,26H,4-5,8,12-13H2,1-3H3,(H,24,27)(H,28,29);5-9H,1-4H3,(H,20,21);4-5H,11H2,1-3H3;2-4H,1H3,(H,10,11). The summed E-state index contributed by atoms with van der Waals surface area (Å²) in [5.74, 6) is -3.07. The zero-order valence-electron chi connectivity index (χ0n) is 86.9. The summed E-state index contributed by atoms with van der Waals surface area (Å²) in [7, 11) is 3.65. The van der Waals surface area contributed by atoms with Crippen LogP contribution < -0.4 is 41.7 Å². The van der Waals surface area contributed by atoms with Crippen molar-refractivity contribution < 1.29 is 91.7 Å². The number of ether oxygens (including phenoxy) is 4. The summed E-state index contributed by atoms with van der Waals surface area (Å²) < 4.78 is 27.2. The number of anilines is 8. The van der Waals surface area contributed by atoms with Crippen molar-refractivity contribution in [2.45, 2.75) is 181 Å². The molecule has 0 aromatic heterocycles. The third kappa shape index (κ3) is 31.6. The van der Waals surface area contributed by atoms with Crippen LogP contribution in [0.4, 0.5) is 45.5 Å². The molecule has 13 rings (SSSR count). The number of rotatable bonds is 22. The first-order valence-corrected chi connectivity index (χ1v) is 52.2. The first-order chi connectivity index (χ1) is 67.4. The minimum atomic E-state index is -1.78. The highest BCUT2D eigenvalue weighted by Crippen LogP contribution is 2.39. The van der Waals surface area contributed by atoms with Crippen molar-refractivity contribution in [3.05, 3.63) is 300 Å². The summed E-state index contributed by atoms with van der Waals surface area (Å²) >= 11 is 6.58. The van der Waals surface area contributed by atoms with Crippen LogP contribution in [0.5, 0.6) is 0 Å². The maximum absolute atomic E-state index is 13.4. The van der Waals surface area contributed by atoms with Crippen molar-refractivity contribution in [1.29, 1.82) is 0 Å². The molecule has 0 aliphatic carbocycles. The number of piperidine rings is 3. The van der Waals surface area contributed by atoms with E-state index in [1.807, 2.05) is 150 Å². The highest BCUT2D eigenvalue weighted by Gasteiger charge is 2.38. The summed E-state index contributed by atoms with van der Waals surface area (Å²) in [4.78, 5) is 127.